The Morgan fingerprint density at radius 2 is 1.10 bits per heavy atom. The minimum atomic E-state index is -0.887. The highest BCUT2D eigenvalue weighted by molar-refractivity contribution is 5.72. The van der Waals surface area contributed by atoms with Crippen molar-refractivity contribution in [1.82, 2.24) is 0 Å². The maximum Gasteiger partial charge on any atom is 0.362 e. The van der Waals surface area contributed by atoms with Gasteiger partial charge in [-0.25, -0.2) is 4.79 Å². The van der Waals surface area contributed by atoms with Crippen LogP contribution in [-0.4, -0.2) is 80.6 Å². The van der Waals surface area contributed by atoms with Crippen molar-refractivity contribution in [2.75, 3.05) is 41.0 Å². The molecule has 0 aromatic carbocycles. The van der Waals surface area contributed by atoms with Crippen LogP contribution in [0.5, 0.6) is 0 Å². The Balaban J connectivity index is 4.33. The molecule has 0 radical (unpaired) electrons. The number of likely N-dealkylation sites (N-methyl/N-ethyl adjacent to an activating group) is 1. The fourth-order valence-corrected chi connectivity index (χ4v) is 5.22. The van der Waals surface area contributed by atoms with E-state index < -0.39 is 18.1 Å². The van der Waals surface area contributed by atoms with Crippen molar-refractivity contribution >= 4 is 17.9 Å². The molecule has 0 aliphatic carbocycles. The number of ether oxygens (including phenoxy) is 3. The Morgan fingerprint density at radius 1 is 0.600 bits per heavy atom. The molecule has 50 heavy (non-hydrogen) atoms. The first-order valence-electron chi connectivity index (χ1n) is 19.3. The van der Waals surface area contributed by atoms with Gasteiger partial charge in [0.15, 0.2) is 12.1 Å². The largest absolute Gasteiger partial charge is 0.477 e. The number of esters is 2. The van der Waals surface area contributed by atoms with Gasteiger partial charge in [0.1, 0.15) is 6.61 Å². The molecule has 0 aliphatic heterocycles. The molecule has 0 spiro atoms. The molecule has 2 unspecified atom stereocenters. The van der Waals surface area contributed by atoms with Crippen LogP contribution >= 0.6 is 0 Å². The van der Waals surface area contributed by atoms with Gasteiger partial charge in [-0.15, -0.1) is 0 Å². The van der Waals surface area contributed by atoms with Gasteiger partial charge >= 0.3 is 17.9 Å². The number of carbonyl (C=O) groups excluding carboxylic acids is 2. The maximum absolute atomic E-state index is 12.6. The number of nitrogens with zero attached hydrogens (tertiary/aromatic N) is 1. The Labute approximate surface area is 305 Å². The van der Waals surface area contributed by atoms with Crippen LogP contribution in [0.1, 0.15) is 136 Å². The summed E-state index contributed by atoms with van der Waals surface area (Å²) in [5.41, 5.74) is 0. The lowest BCUT2D eigenvalue weighted by Crippen LogP contribution is -2.50. The molecule has 2 atom stereocenters. The first-order chi connectivity index (χ1) is 24.1. The van der Waals surface area contributed by atoms with Gasteiger partial charge in [-0.1, -0.05) is 120 Å². The number of hydrogen-bond acceptors (Lipinski definition) is 6. The van der Waals surface area contributed by atoms with E-state index in [1.54, 1.807) is 0 Å². The van der Waals surface area contributed by atoms with E-state index in [1.807, 2.05) is 33.3 Å². The van der Waals surface area contributed by atoms with Gasteiger partial charge in [0, 0.05) is 19.3 Å². The molecular formula is C42H72NO7+. The van der Waals surface area contributed by atoms with E-state index in [4.69, 9.17) is 14.2 Å². The van der Waals surface area contributed by atoms with Crippen molar-refractivity contribution in [3.8, 4) is 0 Å². The highest BCUT2D eigenvalue weighted by atomic mass is 16.6. The Hall–Kier alpha value is -2.97. The molecular weight excluding hydrogens is 630 g/mol. The molecule has 8 heteroatoms. The fraction of sp³-hybridized carbons (Fsp3) is 0.690. The van der Waals surface area contributed by atoms with Crippen LogP contribution in [0.4, 0.5) is 0 Å². The number of allylic oxidation sites excluding steroid dienone is 10. The number of carboxylic acid groups (broad SMARTS) is 1. The molecule has 286 valence electrons. The Bertz CT molecular complexity index is 1010. The third-order valence-corrected chi connectivity index (χ3v) is 8.18. The molecule has 0 aromatic heterocycles. The van der Waals surface area contributed by atoms with E-state index in [9.17, 15) is 19.5 Å². The maximum atomic E-state index is 12.6. The fourth-order valence-electron chi connectivity index (χ4n) is 5.22. The third kappa shape index (κ3) is 31.0. The predicted octanol–water partition coefficient (Wildman–Crippen LogP) is 9.85. The van der Waals surface area contributed by atoms with Gasteiger partial charge in [0.25, 0.3) is 0 Å². The number of quaternary nitrogens is 1. The topological polar surface area (TPSA) is 99.1 Å². The second-order valence-electron chi connectivity index (χ2n) is 13.8. The smallest absolute Gasteiger partial charge is 0.362 e. The summed E-state index contributed by atoms with van der Waals surface area (Å²) in [5, 5.41) is 9.57. The van der Waals surface area contributed by atoms with E-state index in [0.717, 1.165) is 57.8 Å². The highest BCUT2D eigenvalue weighted by Crippen LogP contribution is 2.13. The molecule has 0 fully saturated rings. The highest BCUT2D eigenvalue weighted by Gasteiger charge is 2.31. The number of unbranched alkanes of at least 4 members (excludes halogenated alkanes) is 9. The van der Waals surface area contributed by atoms with Crippen LogP contribution in [0.3, 0.4) is 0 Å². The quantitative estimate of drug-likeness (QED) is 0.0315. The number of hydrogen-bond donors (Lipinski definition) is 1. The standard InChI is InChI=1S/C42H71NO7/c1-6-8-10-12-14-15-16-17-18-19-20-21-22-23-24-25-27-29-31-33-41(45)50-38(36-48-35-34-39(42(46)47)43(3,4)5)37-49-40(44)32-30-28-26-13-11-9-7-2/h8-11,14-15,17-18,26,28,38-39H,6-7,12-13,16,19-25,27,29-37H2,1-5H3/p+1/b10-8+,11-9+,15-14+,18-17+,28-26+. The SMILES string of the molecule is CC/C=C/C/C=C/C/C=C/CCCCCCCCCCCC(=O)OC(COCCC(C(=O)O)[N+](C)(C)C)COC(=O)CC/C=C/C/C=C/CC. The molecule has 0 heterocycles. The second kappa shape index (κ2) is 33.2. The van der Waals surface area contributed by atoms with Crippen LogP contribution in [0.2, 0.25) is 0 Å². The third-order valence-electron chi connectivity index (χ3n) is 8.18. The summed E-state index contributed by atoms with van der Waals surface area (Å²) in [6, 6.07) is -0.623. The molecule has 0 amide bonds. The molecule has 0 bridgehead atoms. The lowest BCUT2D eigenvalue weighted by molar-refractivity contribution is -0.887. The zero-order valence-corrected chi connectivity index (χ0v) is 32.3. The van der Waals surface area contributed by atoms with Gasteiger partial charge in [-0.3, -0.25) is 9.59 Å². The van der Waals surface area contributed by atoms with Crippen molar-refractivity contribution in [3.63, 3.8) is 0 Å². The first kappa shape index (κ1) is 47.0. The van der Waals surface area contributed by atoms with E-state index >= 15 is 0 Å². The molecule has 0 saturated heterocycles. The van der Waals surface area contributed by atoms with Crippen LogP contribution in [0, 0.1) is 0 Å². The summed E-state index contributed by atoms with van der Waals surface area (Å²) in [6.07, 6.45) is 38.8. The van der Waals surface area contributed by atoms with Crippen molar-refractivity contribution in [3.05, 3.63) is 60.8 Å². The normalized spacial score (nSPS) is 13.7. The van der Waals surface area contributed by atoms with Gasteiger partial charge in [-0.2, -0.15) is 0 Å². The lowest BCUT2D eigenvalue weighted by Gasteiger charge is -2.31. The number of aliphatic carboxylic acids is 1. The van der Waals surface area contributed by atoms with Crippen LogP contribution < -0.4 is 0 Å². The summed E-state index contributed by atoms with van der Waals surface area (Å²) in [5.74, 6) is -1.58. The zero-order valence-electron chi connectivity index (χ0n) is 32.3. The first-order valence-corrected chi connectivity index (χ1v) is 19.3. The zero-order chi connectivity index (χ0) is 37.1. The van der Waals surface area contributed by atoms with Crippen LogP contribution in [0.15, 0.2) is 60.8 Å². The van der Waals surface area contributed by atoms with Gasteiger partial charge in [-0.05, 0) is 57.8 Å². The average molecular weight is 703 g/mol. The van der Waals surface area contributed by atoms with E-state index in [-0.39, 0.29) is 42.7 Å². The van der Waals surface area contributed by atoms with Crippen molar-refractivity contribution in [2.24, 2.45) is 0 Å². The molecule has 0 aromatic rings. The molecule has 8 nitrogen and oxygen atoms in total. The molecule has 0 saturated carbocycles. The van der Waals surface area contributed by atoms with Crippen LogP contribution in [0.25, 0.3) is 0 Å². The van der Waals surface area contributed by atoms with Gasteiger partial charge in [0.2, 0.25) is 0 Å². The van der Waals surface area contributed by atoms with Crippen molar-refractivity contribution < 1.29 is 38.2 Å². The van der Waals surface area contributed by atoms with Crippen molar-refractivity contribution in [2.45, 2.75) is 148 Å². The van der Waals surface area contributed by atoms with Gasteiger partial charge in [0.05, 0.1) is 34.4 Å². The summed E-state index contributed by atoms with van der Waals surface area (Å²) >= 11 is 0. The summed E-state index contributed by atoms with van der Waals surface area (Å²) in [7, 11) is 5.49. The predicted molar refractivity (Wildman–Crippen MR) is 206 cm³/mol. The monoisotopic (exact) mass is 703 g/mol. The van der Waals surface area contributed by atoms with Crippen molar-refractivity contribution in [1.29, 1.82) is 0 Å². The van der Waals surface area contributed by atoms with Gasteiger partial charge < -0.3 is 23.8 Å². The van der Waals surface area contributed by atoms with E-state index in [2.05, 4.69) is 62.5 Å². The molecule has 1 N–H and O–H groups in total. The molecule has 0 aliphatic rings. The Kier molecular flexibility index (Phi) is 31.2. The average Bonchev–Trinajstić information content (AvgIpc) is 3.06. The summed E-state index contributed by atoms with van der Waals surface area (Å²) in [6.45, 7) is 4.38. The van der Waals surface area contributed by atoms with E-state index in [1.165, 1.54) is 38.5 Å². The van der Waals surface area contributed by atoms with E-state index in [0.29, 0.717) is 19.3 Å². The summed E-state index contributed by atoms with van der Waals surface area (Å²) in [4.78, 5) is 36.6. The van der Waals surface area contributed by atoms with Crippen LogP contribution in [-0.2, 0) is 28.6 Å². The Morgan fingerprint density at radius 3 is 1.64 bits per heavy atom. The number of rotatable bonds is 33. The minimum absolute atomic E-state index is 0.0387. The lowest BCUT2D eigenvalue weighted by atomic mass is 10.1. The summed E-state index contributed by atoms with van der Waals surface area (Å²) < 4.78 is 17.1. The number of carbonyl (C=O) groups is 3. The number of carboxylic acids is 1. The second-order valence-corrected chi connectivity index (χ2v) is 13.8. The molecule has 0 rings (SSSR count). The minimum Gasteiger partial charge on any atom is -0.477 e.